The van der Waals surface area contributed by atoms with Crippen molar-refractivity contribution >= 4 is 6.03 Å². The first-order valence-electron chi connectivity index (χ1n) is 7.10. The number of ether oxygens (including phenoxy) is 1. The van der Waals surface area contributed by atoms with Gasteiger partial charge in [-0.15, -0.1) is 0 Å². The SMILES string of the molecule is CC(C)(Cc1nccnc1OCc1ccc(F)cc1)NC(N)=O. The van der Waals surface area contributed by atoms with Crippen LogP contribution >= 0.6 is 0 Å². The molecule has 0 aliphatic carbocycles. The van der Waals surface area contributed by atoms with Crippen LogP contribution in [-0.2, 0) is 13.0 Å². The van der Waals surface area contributed by atoms with Crippen LogP contribution in [0.25, 0.3) is 0 Å². The van der Waals surface area contributed by atoms with Crippen molar-refractivity contribution in [1.82, 2.24) is 15.3 Å². The predicted octanol–water partition coefficient (Wildman–Crippen LogP) is 2.18. The summed E-state index contributed by atoms with van der Waals surface area (Å²) in [4.78, 5) is 19.5. The van der Waals surface area contributed by atoms with Crippen LogP contribution in [0, 0.1) is 5.82 Å². The van der Waals surface area contributed by atoms with E-state index in [1.165, 1.54) is 18.3 Å². The summed E-state index contributed by atoms with van der Waals surface area (Å²) in [5.74, 6) is 0.0735. The van der Waals surface area contributed by atoms with Crippen molar-refractivity contribution in [2.24, 2.45) is 5.73 Å². The predicted molar refractivity (Wildman–Crippen MR) is 83.3 cm³/mol. The van der Waals surface area contributed by atoms with Gasteiger partial charge in [-0.05, 0) is 31.5 Å². The van der Waals surface area contributed by atoms with E-state index in [9.17, 15) is 9.18 Å². The van der Waals surface area contributed by atoms with Gasteiger partial charge in [-0.1, -0.05) is 12.1 Å². The summed E-state index contributed by atoms with van der Waals surface area (Å²) in [7, 11) is 0. The lowest BCUT2D eigenvalue weighted by Gasteiger charge is -2.25. The van der Waals surface area contributed by atoms with E-state index in [0.29, 0.717) is 18.0 Å². The van der Waals surface area contributed by atoms with Gasteiger partial charge in [0.25, 0.3) is 0 Å². The number of halogens is 1. The topological polar surface area (TPSA) is 90.1 Å². The minimum Gasteiger partial charge on any atom is -0.472 e. The summed E-state index contributed by atoms with van der Waals surface area (Å²) >= 11 is 0. The molecule has 2 amide bonds. The Morgan fingerprint density at radius 2 is 1.91 bits per heavy atom. The van der Waals surface area contributed by atoms with Crippen LogP contribution in [0.2, 0.25) is 0 Å². The van der Waals surface area contributed by atoms with Crippen LogP contribution in [-0.4, -0.2) is 21.5 Å². The van der Waals surface area contributed by atoms with Crippen LogP contribution in [0.15, 0.2) is 36.7 Å². The van der Waals surface area contributed by atoms with Crippen LogP contribution in [0.1, 0.15) is 25.1 Å². The minimum absolute atomic E-state index is 0.246. The molecule has 0 aliphatic rings. The van der Waals surface area contributed by atoms with Crippen molar-refractivity contribution in [3.05, 3.63) is 53.7 Å². The molecule has 2 rings (SSSR count). The van der Waals surface area contributed by atoms with Crippen LogP contribution in [0.3, 0.4) is 0 Å². The highest BCUT2D eigenvalue weighted by Gasteiger charge is 2.23. The number of nitrogens with two attached hydrogens (primary N) is 1. The Morgan fingerprint density at radius 1 is 1.26 bits per heavy atom. The maximum atomic E-state index is 12.9. The van der Waals surface area contributed by atoms with Crippen molar-refractivity contribution in [2.75, 3.05) is 0 Å². The minimum atomic E-state index is -0.604. The molecule has 0 spiro atoms. The molecule has 7 heteroatoms. The Kier molecular flexibility index (Phi) is 5.10. The van der Waals surface area contributed by atoms with Gasteiger partial charge >= 0.3 is 6.03 Å². The fraction of sp³-hybridized carbons (Fsp3) is 0.312. The van der Waals surface area contributed by atoms with E-state index in [1.54, 1.807) is 18.3 Å². The van der Waals surface area contributed by atoms with Crippen molar-refractivity contribution in [3.63, 3.8) is 0 Å². The van der Waals surface area contributed by atoms with Crippen molar-refractivity contribution in [2.45, 2.75) is 32.4 Å². The number of hydrogen-bond donors (Lipinski definition) is 2. The van der Waals surface area contributed by atoms with E-state index >= 15 is 0 Å². The van der Waals surface area contributed by atoms with Gasteiger partial charge in [0.05, 0.1) is 0 Å². The van der Waals surface area contributed by atoms with E-state index in [1.807, 2.05) is 13.8 Å². The number of hydrogen-bond acceptors (Lipinski definition) is 4. The maximum Gasteiger partial charge on any atom is 0.312 e. The van der Waals surface area contributed by atoms with Crippen LogP contribution < -0.4 is 15.8 Å². The number of carbonyl (C=O) groups excluding carboxylic acids is 1. The summed E-state index contributed by atoms with van der Waals surface area (Å²) in [6, 6.07) is 5.42. The molecule has 0 unspecified atom stereocenters. The molecule has 3 N–H and O–H groups in total. The van der Waals surface area contributed by atoms with Gasteiger partial charge in [0.1, 0.15) is 18.1 Å². The summed E-state index contributed by atoms with van der Waals surface area (Å²) in [5.41, 5.74) is 6.00. The quantitative estimate of drug-likeness (QED) is 0.854. The molecule has 1 aromatic heterocycles. The molecule has 1 heterocycles. The monoisotopic (exact) mass is 318 g/mol. The number of aromatic nitrogens is 2. The zero-order chi connectivity index (χ0) is 16.9. The maximum absolute atomic E-state index is 12.9. The van der Waals surface area contributed by atoms with E-state index in [4.69, 9.17) is 10.5 Å². The van der Waals surface area contributed by atoms with Gasteiger partial charge in [-0.2, -0.15) is 0 Å². The molecule has 0 saturated carbocycles. The molecular weight excluding hydrogens is 299 g/mol. The van der Waals surface area contributed by atoms with E-state index in [2.05, 4.69) is 15.3 Å². The zero-order valence-corrected chi connectivity index (χ0v) is 13.0. The molecule has 0 saturated heterocycles. The molecule has 0 fully saturated rings. The van der Waals surface area contributed by atoms with Gasteiger partial charge in [-0.3, -0.25) is 4.98 Å². The molecule has 0 aliphatic heterocycles. The first kappa shape index (κ1) is 16.7. The second-order valence-corrected chi connectivity index (χ2v) is 5.77. The zero-order valence-electron chi connectivity index (χ0n) is 13.0. The number of nitrogens with zero attached hydrogens (tertiary/aromatic N) is 2. The third kappa shape index (κ3) is 5.21. The highest BCUT2D eigenvalue weighted by molar-refractivity contribution is 5.72. The Hall–Kier alpha value is -2.70. The Balaban J connectivity index is 2.08. The van der Waals surface area contributed by atoms with Crippen molar-refractivity contribution in [3.8, 4) is 5.88 Å². The smallest absolute Gasteiger partial charge is 0.312 e. The van der Waals surface area contributed by atoms with Gasteiger partial charge < -0.3 is 15.8 Å². The number of rotatable bonds is 6. The van der Waals surface area contributed by atoms with Gasteiger partial charge in [0, 0.05) is 24.4 Å². The summed E-state index contributed by atoms with van der Waals surface area (Å²) in [6.45, 7) is 3.90. The van der Waals surface area contributed by atoms with Crippen molar-refractivity contribution in [1.29, 1.82) is 0 Å². The number of benzene rings is 1. The molecule has 0 bridgehead atoms. The van der Waals surface area contributed by atoms with Gasteiger partial charge in [0.15, 0.2) is 0 Å². The van der Waals surface area contributed by atoms with E-state index in [0.717, 1.165) is 5.56 Å². The van der Waals surface area contributed by atoms with E-state index in [-0.39, 0.29) is 12.4 Å². The molecular formula is C16H19FN4O2. The van der Waals surface area contributed by atoms with Crippen molar-refractivity contribution < 1.29 is 13.9 Å². The number of primary amides is 1. The average molecular weight is 318 g/mol. The fourth-order valence-corrected chi connectivity index (χ4v) is 2.12. The van der Waals surface area contributed by atoms with Crippen LogP contribution in [0.4, 0.5) is 9.18 Å². The number of carbonyl (C=O) groups is 1. The lowest BCUT2D eigenvalue weighted by molar-refractivity contribution is 0.236. The average Bonchev–Trinajstić information content (AvgIpc) is 2.46. The first-order valence-corrected chi connectivity index (χ1v) is 7.10. The molecule has 0 radical (unpaired) electrons. The standard InChI is InChI=1S/C16H19FN4O2/c1-16(2,21-15(18)22)9-13-14(20-8-7-19-13)23-10-11-3-5-12(17)6-4-11/h3-8H,9-10H2,1-2H3,(H3,18,21,22). The summed E-state index contributed by atoms with van der Waals surface area (Å²) in [5, 5.41) is 2.65. The van der Waals surface area contributed by atoms with E-state index < -0.39 is 11.6 Å². The number of nitrogens with one attached hydrogen (secondary N) is 1. The van der Waals surface area contributed by atoms with Crippen LogP contribution in [0.5, 0.6) is 5.88 Å². The molecule has 122 valence electrons. The third-order valence-corrected chi connectivity index (χ3v) is 3.10. The second kappa shape index (κ2) is 7.04. The fourth-order valence-electron chi connectivity index (χ4n) is 2.12. The molecule has 6 nitrogen and oxygen atoms in total. The Labute approximate surface area is 133 Å². The summed E-state index contributed by atoms with van der Waals surface area (Å²) < 4.78 is 18.6. The van der Waals surface area contributed by atoms with Gasteiger partial charge in [0.2, 0.25) is 5.88 Å². The Morgan fingerprint density at radius 3 is 2.57 bits per heavy atom. The lowest BCUT2D eigenvalue weighted by Crippen LogP contribution is -2.47. The molecule has 1 aromatic carbocycles. The highest BCUT2D eigenvalue weighted by atomic mass is 19.1. The second-order valence-electron chi connectivity index (χ2n) is 5.77. The third-order valence-electron chi connectivity index (χ3n) is 3.10. The lowest BCUT2D eigenvalue weighted by atomic mass is 9.98. The highest BCUT2D eigenvalue weighted by Crippen LogP contribution is 2.19. The summed E-state index contributed by atoms with van der Waals surface area (Å²) in [6.07, 6.45) is 3.49. The van der Waals surface area contributed by atoms with Gasteiger partial charge in [-0.25, -0.2) is 14.2 Å². The largest absolute Gasteiger partial charge is 0.472 e. The Bertz CT molecular complexity index is 674. The number of amides is 2. The number of urea groups is 1. The molecule has 23 heavy (non-hydrogen) atoms. The molecule has 2 aromatic rings. The molecule has 0 atom stereocenters. The first-order chi connectivity index (χ1) is 10.9. The normalized spacial score (nSPS) is 11.1.